The van der Waals surface area contributed by atoms with Crippen molar-refractivity contribution in [1.29, 1.82) is 0 Å². The molecule has 0 saturated carbocycles. The molecule has 0 saturated heterocycles. The van der Waals surface area contributed by atoms with Crippen LogP contribution in [0.2, 0.25) is 0 Å². The van der Waals surface area contributed by atoms with E-state index < -0.39 is 10.1 Å². The average molecular weight is 293 g/mol. The molecule has 0 aromatic heterocycles. The Morgan fingerprint density at radius 2 is 1.26 bits per heavy atom. The summed E-state index contributed by atoms with van der Waals surface area (Å²) in [5.41, 5.74) is 0. The highest BCUT2D eigenvalue weighted by Crippen LogP contribution is 2.06. The number of hydrogen-bond donors (Lipinski definition) is 2. The van der Waals surface area contributed by atoms with Gasteiger partial charge in [0.2, 0.25) is 0 Å². The largest absolute Gasteiger partial charge is 0.317 e. The summed E-state index contributed by atoms with van der Waals surface area (Å²) in [6.07, 6.45) is 11.3. The quantitative estimate of drug-likeness (QED) is 0.380. The number of hydrogen-bond acceptors (Lipinski definition) is 3. The lowest BCUT2D eigenvalue weighted by atomic mass is 10.1. The smallest absolute Gasteiger partial charge is 0.264 e. The van der Waals surface area contributed by atoms with Crippen LogP contribution in [0.15, 0.2) is 0 Å². The monoisotopic (exact) mass is 293 g/mol. The Morgan fingerprint density at radius 3 is 1.79 bits per heavy atom. The van der Waals surface area contributed by atoms with Crippen LogP contribution in [0, 0.1) is 0 Å². The zero-order valence-electron chi connectivity index (χ0n) is 12.4. The Morgan fingerprint density at radius 1 is 0.789 bits per heavy atom. The van der Waals surface area contributed by atoms with Crippen LogP contribution >= 0.6 is 0 Å². The number of rotatable bonds is 14. The number of nitrogens with one attached hydrogen (secondary N) is 1. The minimum Gasteiger partial charge on any atom is -0.317 e. The third-order valence-corrected chi connectivity index (χ3v) is 4.02. The highest BCUT2D eigenvalue weighted by Gasteiger charge is 2.02. The van der Waals surface area contributed by atoms with E-state index in [0.29, 0.717) is 6.42 Å². The second kappa shape index (κ2) is 12.9. The van der Waals surface area contributed by atoms with Gasteiger partial charge in [-0.15, -0.1) is 0 Å². The molecular formula is C14H31NO3S. The lowest BCUT2D eigenvalue weighted by molar-refractivity contribution is 0.478. The first-order chi connectivity index (χ1) is 9.06. The van der Waals surface area contributed by atoms with E-state index in [1.165, 1.54) is 38.5 Å². The highest BCUT2D eigenvalue weighted by atomic mass is 32.2. The molecule has 0 fully saturated rings. The van der Waals surface area contributed by atoms with Gasteiger partial charge < -0.3 is 5.32 Å². The van der Waals surface area contributed by atoms with Gasteiger partial charge in [-0.25, -0.2) is 0 Å². The zero-order chi connectivity index (χ0) is 14.4. The molecule has 4 nitrogen and oxygen atoms in total. The SMILES string of the molecule is CCCCCCNCCCCCCCCS(=O)(=O)O. The molecule has 0 atom stereocenters. The van der Waals surface area contributed by atoms with Crippen LogP contribution in [-0.2, 0) is 10.1 Å². The van der Waals surface area contributed by atoms with Crippen molar-refractivity contribution in [2.24, 2.45) is 0 Å². The highest BCUT2D eigenvalue weighted by molar-refractivity contribution is 7.85. The minimum absolute atomic E-state index is 0.0910. The van der Waals surface area contributed by atoms with E-state index in [-0.39, 0.29) is 5.75 Å². The van der Waals surface area contributed by atoms with E-state index in [1.54, 1.807) is 0 Å². The van der Waals surface area contributed by atoms with Gasteiger partial charge in [-0.05, 0) is 32.4 Å². The average Bonchev–Trinajstić information content (AvgIpc) is 2.34. The van der Waals surface area contributed by atoms with Gasteiger partial charge in [-0.3, -0.25) is 4.55 Å². The molecule has 0 aromatic carbocycles. The Hall–Kier alpha value is -0.130. The first-order valence-corrected chi connectivity index (χ1v) is 9.33. The summed E-state index contributed by atoms with van der Waals surface area (Å²) in [5.74, 6) is -0.0910. The maximum atomic E-state index is 10.5. The van der Waals surface area contributed by atoms with Crippen LogP contribution in [-0.4, -0.2) is 31.8 Å². The molecule has 19 heavy (non-hydrogen) atoms. The summed E-state index contributed by atoms with van der Waals surface area (Å²) >= 11 is 0. The van der Waals surface area contributed by atoms with Gasteiger partial charge in [-0.2, -0.15) is 8.42 Å². The summed E-state index contributed by atoms with van der Waals surface area (Å²) in [4.78, 5) is 0. The van der Waals surface area contributed by atoms with Crippen LogP contribution in [0.1, 0.15) is 71.1 Å². The molecule has 0 aliphatic heterocycles. The summed E-state index contributed by atoms with van der Waals surface area (Å²) in [6, 6.07) is 0. The van der Waals surface area contributed by atoms with Crippen molar-refractivity contribution in [3.05, 3.63) is 0 Å². The maximum Gasteiger partial charge on any atom is 0.264 e. The van der Waals surface area contributed by atoms with Crippen molar-refractivity contribution in [3.63, 3.8) is 0 Å². The van der Waals surface area contributed by atoms with E-state index in [4.69, 9.17) is 4.55 Å². The Labute approximate surface area is 119 Å². The topological polar surface area (TPSA) is 66.4 Å². The van der Waals surface area contributed by atoms with Gasteiger partial charge in [-0.1, -0.05) is 51.9 Å². The second-order valence-corrected chi connectivity index (χ2v) is 6.79. The second-order valence-electron chi connectivity index (χ2n) is 5.22. The molecule has 5 heteroatoms. The Kier molecular flexibility index (Phi) is 12.8. The molecule has 2 N–H and O–H groups in total. The molecule has 0 radical (unpaired) electrons. The van der Waals surface area contributed by atoms with Crippen molar-refractivity contribution in [3.8, 4) is 0 Å². The normalized spacial score (nSPS) is 11.9. The zero-order valence-corrected chi connectivity index (χ0v) is 13.2. The van der Waals surface area contributed by atoms with Gasteiger partial charge in [0.1, 0.15) is 0 Å². The predicted molar refractivity (Wildman–Crippen MR) is 81.1 cm³/mol. The molecule has 0 aliphatic rings. The molecule has 0 aromatic rings. The van der Waals surface area contributed by atoms with Crippen LogP contribution in [0.4, 0.5) is 0 Å². The van der Waals surface area contributed by atoms with E-state index >= 15 is 0 Å². The van der Waals surface area contributed by atoms with E-state index in [1.807, 2.05) is 0 Å². The van der Waals surface area contributed by atoms with Gasteiger partial charge in [0.05, 0.1) is 5.75 Å². The summed E-state index contributed by atoms with van der Waals surface area (Å²) in [7, 11) is -3.75. The van der Waals surface area contributed by atoms with Gasteiger partial charge in [0.15, 0.2) is 0 Å². The molecule has 116 valence electrons. The van der Waals surface area contributed by atoms with Crippen molar-refractivity contribution in [1.82, 2.24) is 5.32 Å². The van der Waals surface area contributed by atoms with Crippen molar-refractivity contribution < 1.29 is 13.0 Å². The lowest BCUT2D eigenvalue weighted by Gasteiger charge is -2.04. The first kappa shape index (κ1) is 18.9. The predicted octanol–water partition coefficient (Wildman–Crippen LogP) is 3.38. The van der Waals surface area contributed by atoms with E-state index in [0.717, 1.165) is 32.4 Å². The molecule has 0 aliphatic carbocycles. The van der Waals surface area contributed by atoms with Crippen LogP contribution in [0.5, 0.6) is 0 Å². The number of unbranched alkanes of at least 4 members (excludes halogenated alkanes) is 8. The fourth-order valence-corrected chi connectivity index (χ4v) is 2.61. The summed E-state index contributed by atoms with van der Waals surface area (Å²) < 4.78 is 29.5. The Bertz CT molecular complexity index is 278. The van der Waals surface area contributed by atoms with E-state index in [2.05, 4.69) is 12.2 Å². The van der Waals surface area contributed by atoms with Gasteiger partial charge >= 0.3 is 0 Å². The third kappa shape index (κ3) is 17.9. The van der Waals surface area contributed by atoms with Crippen LogP contribution in [0.3, 0.4) is 0 Å². The Balaban J connectivity index is 3.03. The van der Waals surface area contributed by atoms with Crippen molar-refractivity contribution >= 4 is 10.1 Å². The molecular weight excluding hydrogens is 262 g/mol. The fourth-order valence-electron chi connectivity index (χ4n) is 2.04. The van der Waals surface area contributed by atoms with E-state index in [9.17, 15) is 8.42 Å². The molecule has 0 spiro atoms. The third-order valence-electron chi connectivity index (χ3n) is 3.21. The van der Waals surface area contributed by atoms with Crippen LogP contribution in [0.25, 0.3) is 0 Å². The maximum absolute atomic E-state index is 10.5. The van der Waals surface area contributed by atoms with Crippen molar-refractivity contribution in [2.45, 2.75) is 71.1 Å². The molecule has 0 rings (SSSR count). The standard InChI is InChI=1S/C14H31NO3S/c1-2-3-4-9-12-15-13-10-7-5-6-8-11-14-19(16,17)18/h15H,2-14H2,1H3,(H,16,17,18). The molecule has 0 heterocycles. The van der Waals surface area contributed by atoms with Gasteiger partial charge in [0, 0.05) is 0 Å². The fraction of sp³-hybridized carbons (Fsp3) is 1.00. The minimum atomic E-state index is -3.75. The molecule has 0 bridgehead atoms. The van der Waals surface area contributed by atoms with Crippen LogP contribution < -0.4 is 5.32 Å². The lowest BCUT2D eigenvalue weighted by Crippen LogP contribution is -2.16. The summed E-state index contributed by atoms with van der Waals surface area (Å²) in [5, 5.41) is 3.45. The first-order valence-electron chi connectivity index (χ1n) is 7.72. The van der Waals surface area contributed by atoms with Crippen molar-refractivity contribution in [2.75, 3.05) is 18.8 Å². The summed E-state index contributed by atoms with van der Waals surface area (Å²) in [6.45, 7) is 4.45. The molecule has 0 unspecified atom stereocenters. The molecule has 0 amide bonds. The van der Waals surface area contributed by atoms with Gasteiger partial charge in [0.25, 0.3) is 10.1 Å².